The highest BCUT2D eigenvalue weighted by Crippen LogP contribution is 2.21. The van der Waals surface area contributed by atoms with Gasteiger partial charge in [-0.05, 0) is 38.1 Å². The minimum Gasteiger partial charge on any atom is -0.478 e. The highest BCUT2D eigenvalue weighted by Gasteiger charge is 2.20. The summed E-state index contributed by atoms with van der Waals surface area (Å²) < 4.78 is 6.30. The molecule has 0 aliphatic carbocycles. The van der Waals surface area contributed by atoms with E-state index >= 15 is 0 Å². The lowest BCUT2D eigenvalue weighted by Gasteiger charge is -2.04. The number of benzene rings is 1. The van der Waals surface area contributed by atoms with E-state index in [1.807, 2.05) is 0 Å². The van der Waals surface area contributed by atoms with Crippen LogP contribution >= 0.6 is 0 Å². The molecule has 21 heavy (non-hydrogen) atoms. The van der Waals surface area contributed by atoms with Crippen LogP contribution in [0.15, 0.2) is 24.3 Å². The zero-order valence-electron chi connectivity index (χ0n) is 11.7. The number of anilines is 1. The molecule has 3 N–H and O–H groups in total. The number of carboxylic acids is 1. The van der Waals surface area contributed by atoms with Gasteiger partial charge in [-0.25, -0.2) is 14.3 Å². The number of carbonyl (C=O) groups is 2. The molecule has 0 unspecified atom stereocenters. The maximum absolute atomic E-state index is 11.8. The van der Waals surface area contributed by atoms with Crippen LogP contribution in [0.2, 0.25) is 0 Å². The van der Waals surface area contributed by atoms with Crippen LogP contribution in [0.5, 0.6) is 0 Å². The summed E-state index contributed by atoms with van der Waals surface area (Å²) in [6.45, 7) is 3.63. The molecule has 7 heteroatoms. The van der Waals surface area contributed by atoms with E-state index in [1.165, 1.54) is 16.8 Å². The first-order chi connectivity index (χ1) is 9.95. The summed E-state index contributed by atoms with van der Waals surface area (Å²) in [5.41, 5.74) is 7.34. The monoisotopic (exact) mass is 289 g/mol. The second-order valence-electron chi connectivity index (χ2n) is 4.34. The standard InChI is InChI=1S/C14H15N3O4/c1-3-21-14(20)11-8(2)12(15)17(16-11)10-6-4-9(5-7-10)13(18)19/h4-7H,3,15H2,1-2H3,(H,18,19). The van der Waals surface area contributed by atoms with E-state index < -0.39 is 11.9 Å². The molecule has 0 fully saturated rings. The lowest BCUT2D eigenvalue weighted by atomic mass is 10.2. The van der Waals surface area contributed by atoms with Gasteiger partial charge in [-0.1, -0.05) is 0 Å². The van der Waals surface area contributed by atoms with Crippen LogP contribution in [0.25, 0.3) is 5.69 Å². The molecule has 0 aliphatic heterocycles. The molecule has 2 aromatic rings. The van der Waals surface area contributed by atoms with E-state index in [2.05, 4.69) is 5.10 Å². The van der Waals surface area contributed by atoms with Gasteiger partial charge in [0.05, 0.1) is 17.9 Å². The van der Waals surface area contributed by atoms with E-state index in [9.17, 15) is 9.59 Å². The van der Waals surface area contributed by atoms with Gasteiger partial charge in [0, 0.05) is 5.56 Å². The normalized spacial score (nSPS) is 10.4. The number of hydrogen-bond acceptors (Lipinski definition) is 5. The number of aromatic nitrogens is 2. The summed E-state index contributed by atoms with van der Waals surface area (Å²) in [6, 6.07) is 6.03. The summed E-state index contributed by atoms with van der Waals surface area (Å²) in [4.78, 5) is 22.6. The van der Waals surface area contributed by atoms with Crippen LogP contribution < -0.4 is 5.73 Å². The van der Waals surface area contributed by atoms with Crippen LogP contribution in [-0.4, -0.2) is 33.4 Å². The number of ether oxygens (including phenoxy) is 1. The number of rotatable bonds is 4. The van der Waals surface area contributed by atoms with Gasteiger partial charge in [-0.15, -0.1) is 0 Å². The second kappa shape index (κ2) is 5.66. The van der Waals surface area contributed by atoms with Crippen LogP contribution in [-0.2, 0) is 4.74 Å². The first-order valence-corrected chi connectivity index (χ1v) is 6.31. The van der Waals surface area contributed by atoms with E-state index in [-0.39, 0.29) is 17.9 Å². The molecule has 0 saturated carbocycles. The average Bonchev–Trinajstić information content (AvgIpc) is 2.76. The number of hydrogen-bond donors (Lipinski definition) is 2. The fourth-order valence-corrected chi connectivity index (χ4v) is 1.84. The molecular weight excluding hydrogens is 274 g/mol. The predicted molar refractivity (Wildman–Crippen MR) is 75.6 cm³/mol. The van der Waals surface area contributed by atoms with Gasteiger partial charge in [0.25, 0.3) is 0 Å². The SMILES string of the molecule is CCOC(=O)c1nn(-c2ccc(C(=O)O)cc2)c(N)c1C. The lowest BCUT2D eigenvalue weighted by molar-refractivity contribution is 0.0517. The molecule has 0 radical (unpaired) electrons. The largest absolute Gasteiger partial charge is 0.478 e. The third kappa shape index (κ3) is 2.71. The average molecular weight is 289 g/mol. The Balaban J connectivity index is 2.42. The van der Waals surface area contributed by atoms with E-state index in [1.54, 1.807) is 26.0 Å². The Morgan fingerprint density at radius 2 is 1.95 bits per heavy atom. The van der Waals surface area contributed by atoms with Crippen molar-refractivity contribution in [2.75, 3.05) is 12.3 Å². The van der Waals surface area contributed by atoms with Crippen molar-refractivity contribution in [3.05, 3.63) is 41.1 Å². The molecular formula is C14H15N3O4. The summed E-state index contributed by atoms with van der Waals surface area (Å²) >= 11 is 0. The predicted octanol–water partition coefficient (Wildman–Crippen LogP) is 1.64. The number of nitrogen functional groups attached to an aromatic ring is 1. The zero-order chi connectivity index (χ0) is 15.6. The van der Waals surface area contributed by atoms with Crippen LogP contribution in [0.1, 0.15) is 33.3 Å². The van der Waals surface area contributed by atoms with Gasteiger partial charge >= 0.3 is 11.9 Å². The van der Waals surface area contributed by atoms with Crippen LogP contribution in [0.4, 0.5) is 5.82 Å². The maximum Gasteiger partial charge on any atom is 0.359 e. The highest BCUT2D eigenvalue weighted by molar-refractivity contribution is 5.90. The molecule has 0 spiro atoms. The van der Waals surface area contributed by atoms with E-state index in [0.717, 1.165) is 0 Å². The molecule has 0 saturated heterocycles. The summed E-state index contributed by atoms with van der Waals surface area (Å²) in [6.07, 6.45) is 0. The first-order valence-electron chi connectivity index (χ1n) is 6.31. The molecule has 0 aliphatic rings. The molecule has 2 rings (SSSR count). The lowest BCUT2D eigenvalue weighted by Crippen LogP contribution is -2.08. The van der Waals surface area contributed by atoms with Gasteiger partial charge in [0.1, 0.15) is 5.82 Å². The number of nitrogens with two attached hydrogens (primary N) is 1. The number of carboxylic acid groups (broad SMARTS) is 1. The Labute approximate surface area is 120 Å². The van der Waals surface area contributed by atoms with Crippen molar-refractivity contribution in [3.63, 3.8) is 0 Å². The van der Waals surface area contributed by atoms with Gasteiger partial charge < -0.3 is 15.6 Å². The van der Waals surface area contributed by atoms with Crippen LogP contribution in [0.3, 0.4) is 0 Å². The Morgan fingerprint density at radius 3 is 2.48 bits per heavy atom. The maximum atomic E-state index is 11.8. The Morgan fingerprint density at radius 1 is 1.33 bits per heavy atom. The van der Waals surface area contributed by atoms with Crippen molar-refractivity contribution in [3.8, 4) is 5.69 Å². The smallest absolute Gasteiger partial charge is 0.359 e. The van der Waals surface area contributed by atoms with Gasteiger partial charge in [0.2, 0.25) is 0 Å². The van der Waals surface area contributed by atoms with Crippen molar-refractivity contribution < 1.29 is 19.4 Å². The van der Waals surface area contributed by atoms with Gasteiger partial charge in [0.15, 0.2) is 5.69 Å². The highest BCUT2D eigenvalue weighted by atomic mass is 16.5. The number of esters is 1. The third-order valence-electron chi connectivity index (χ3n) is 3.00. The molecule has 1 heterocycles. The third-order valence-corrected chi connectivity index (χ3v) is 3.00. The van der Waals surface area contributed by atoms with Crippen molar-refractivity contribution in [1.29, 1.82) is 0 Å². The topological polar surface area (TPSA) is 107 Å². The molecule has 0 amide bonds. The summed E-state index contributed by atoms with van der Waals surface area (Å²) in [7, 11) is 0. The van der Waals surface area contributed by atoms with Crippen molar-refractivity contribution >= 4 is 17.8 Å². The molecule has 0 atom stereocenters. The van der Waals surface area contributed by atoms with E-state index in [4.69, 9.17) is 15.6 Å². The second-order valence-corrected chi connectivity index (χ2v) is 4.34. The number of nitrogens with zero attached hydrogens (tertiary/aromatic N) is 2. The molecule has 1 aromatic heterocycles. The zero-order valence-corrected chi connectivity index (χ0v) is 11.7. The van der Waals surface area contributed by atoms with Crippen LogP contribution in [0, 0.1) is 6.92 Å². The van der Waals surface area contributed by atoms with Crippen molar-refractivity contribution in [2.24, 2.45) is 0 Å². The Hall–Kier alpha value is -2.83. The van der Waals surface area contributed by atoms with Gasteiger partial charge in [-0.3, -0.25) is 0 Å². The quantitative estimate of drug-likeness (QED) is 0.828. The minimum atomic E-state index is -1.02. The fourth-order valence-electron chi connectivity index (χ4n) is 1.84. The Bertz CT molecular complexity index is 689. The van der Waals surface area contributed by atoms with E-state index in [0.29, 0.717) is 17.1 Å². The van der Waals surface area contributed by atoms with Crippen molar-refractivity contribution in [1.82, 2.24) is 9.78 Å². The minimum absolute atomic E-state index is 0.150. The fraction of sp³-hybridized carbons (Fsp3) is 0.214. The number of aromatic carboxylic acids is 1. The van der Waals surface area contributed by atoms with Crippen molar-refractivity contribution in [2.45, 2.75) is 13.8 Å². The molecule has 1 aromatic carbocycles. The summed E-state index contributed by atoms with van der Waals surface area (Å²) in [5.74, 6) is -1.25. The van der Waals surface area contributed by atoms with Gasteiger partial charge in [-0.2, -0.15) is 5.10 Å². The Kier molecular flexibility index (Phi) is 3.93. The molecule has 110 valence electrons. The number of carbonyl (C=O) groups excluding carboxylic acids is 1. The first kappa shape index (κ1) is 14.6. The molecule has 7 nitrogen and oxygen atoms in total. The summed E-state index contributed by atoms with van der Waals surface area (Å²) in [5, 5.41) is 13.0. The molecule has 0 bridgehead atoms.